The predicted octanol–water partition coefficient (Wildman–Crippen LogP) is 6.06. The van der Waals surface area contributed by atoms with Gasteiger partial charge in [-0.3, -0.25) is 4.68 Å². The lowest BCUT2D eigenvalue weighted by molar-refractivity contribution is -0.0493. The number of hydrogen-bond acceptors (Lipinski definition) is 3. The Hall–Kier alpha value is -2.78. The summed E-state index contributed by atoms with van der Waals surface area (Å²) in [5.74, 6) is -0.424. The van der Waals surface area contributed by atoms with Crippen molar-refractivity contribution in [2.24, 2.45) is 0 Å². The van der Waals surface area contributed by atoms with E-state index in [1.165, 1.54) is 18.2 Å². The molecule has 1 aromatic heterocycles. The highest BCUT2D eigenvalue weighted by molar-refractivity contribution is 7.80. The van der Waals surface area contributed by atoms with Crippen LogP contribution in [0.2, 0.25) is 5.02 Å². The van der Waals surface area contributed by atoms with Gasteiger partial charge >= 0.3 is 6.61 Å². The highest BCUT2D eigenvalue weighted by Crippen LogP contribution is 2.28. The number of rotatable bonds is 6. The summed E-state index contributed by atoms with van der Waals surface area (Å²) in [6.07, 6.45) is 0. The van der Waals surface area contributed by atoms with E-state index < -0.39 is 12.4 Å². The molecule has 2 N–H and O–H groups in total. The number of ether oxygens (including phenoxy) is 1. The highest BCUT2D eigenvalue weighted by atomic mass is 35.5. The van der Waals surface area contributed by atoms with E-state index in [1.54, 1.807) is 29.8 Å². The van der Waals surface area contributed by atoms with Crippen molar-refractivity contribution in [3.8, 4) is 5.75 Å². The van der Waals surface area contributed by atoms with Crippen LogP contribution >= 0.6 is 23.8 Å². The largest absolute Gasteiger partial charge is 0.433 e. The van der Waals surface area contributed by atoms with Gasteiger partial charge in [-0.25, -0.2) is 4.39 Å². The number of halogens is 4. The van der Waals surface area contributed by atoms with Crippen LogP contribution in [0, 0.1) is 26.6 Å². The van der Waals surface area contributed by atoms with E-state index in [9.17, 15) is 13.2 Å². The molecule has 0 saturated heterocycles. The summed E-state index contributed by atoms with van der Waals surface area (Å²) >= 11 is 11.5. The first kappa shape index (κ1) is 22.9. The van der Waals surface area contributed by atoms with Gasteiger partial charge in [0.15, 0.2) is 5.11 Å². The van der Waals surface area contributed by atoms with Crippen molar-refractivity contribution >= 4 is 40.3 Å². The molecule has 0 amide bonds. The fourth-order valence-electron chi connectivity index (χ4n) is 3.05. The van der Waals surface area contributed by atoms with Gasteiger partial charge in [-0.05, 0) is 68.4 Å². The number of aryl methyl sites for hydroxylation is 2. The molecule has 10 heteroatoms. The van der Waals surface area contributed by atoms with Gasteiger partial charge in [-0.2, -0.15) is 13.9 Å². The molecule has 0 atom stereocenters. The van der Waals surface area contributed by atoms with Gasteiger partial charge in [-0.15, -0.1) is 0 Å². The van der Waals surface area contributed by atoms with Gasteiger partial charge in [-0.1, -0.05) is 23.7 Å². The second-order valence-corrected chi connectivity index (χ2v) is 7.71. The van der Waals surface area contributed by atoms with E-state index in [1.807, 2.05) is 13.8 Å². The van der Waals surface area contributed by atoms with Gasteiger partial charge in [0.2, 0.25) is 0 Å². The van der Waals surface area contributed by atoms with Crippen molar-refractivity contribution in [1.29, 1.82) is 0 Å². The molecular formula is C21H20ClF3N4OS. The zero-order chi connectivity index (χ0) is 22.7. The number of alkyl halides is 2. The monoisotopic (exact) mass is 468 g/mol. The van der Waals surface area contributed by atoms with Crippen LogP contribution in [0.3, 0.4) is 0 Å². The Morgan fingerprint density at radius 3 is 2.58 bits per heavy atom. The van der Waals surface area contributed by atoms with Crippen LogP contribution in [-0.2, 0) is 6.54 Å². The molecule has 0 fully saturated rings. The molecule has 31 heavy (non-hydrogen) atoms. The van der Waals surface area contributed by atoms with Gasteiger partial charge in [0.25, 0.3) is 0 Å². The average molecular weight is 469 g/mol. The Morgan fingerprint density at radius 2 is 1.90 bits per heavy atom. The number of hydrogen-bond donors (Lipinski definition) is 2. The molecule has 0 aliphatic carbocycles. The van der Waals surface area contributed by atoms with Crippen LogP contribution in [0.15, 0.2) is 36.4 Å². The van der Waals surface area contributed by atoms with Crippen LogP contribution in [0.1, 0.15) is 22.5 Å². The maximum atomic E-state index is 13.3. The number of aromatic nitrogens is 2. The molecule has 0 unspecified atom stereocenters. The Labute approximate surface area is 188 Å². The van der Waals surface area contributed by atoms with Crippen molar-refractivity contribution in [3.05, 3.63) is 69.8 Å². The van der Waals surface area contributed by atoms with Crippen LogP contribution < -0.4 is 15.4 Å². The normalized spacial score (nSPS) is 11.0. The maximum absolute atomic E-state index is 13.3. The molecule has 2 aromatic carbocycles. The molecule has 1 heterocycles. The quantitative estimate of drug-likeness (QED) is 0.431. The number of anilines is 2. The summed E-state index contributed by atoms with van der Waals surface area (Å²) in [7, 11) is 0. The summed E-state index contributed by atoms with van der Waals surface area (Å²) in [6.45, 7) is 2.87. The van der Waals surface area contributed by atoms with E-state index in [0.29, 0.717) is 28.6 Å². The maximum Gasteiger partial charge on any atom is 0.387 e. The molecule has 0 bridgehead atoms. The van der Waals surface area contributed by atoms with Gasteiger partial charge in [0.1, 0.15) is 11.6 Å². The van der Waals surface area contributed by atoms with E-state index in [2.05, 4.69) is 20.5 Å². The Bertz CT molecular complexity index is 1120. The number of thiocarbonyl (C=S) groups is 1. The predicted molar refractivity (Wildman–Crippen MR) is 120 cm³/mol. The first-order chi connectivity index (χ1) is 14.6. The minimum absolute atomic E-state index is 0.0140. The fraction of sp³-hybridized carbons (Fsp3) is 0.238. The van der Waals surface area contributed by atoms with E-state index in [-0.39, 0.29) is 10.9 Å². The molecule has 0 radical (unpaired) electrons. The Morgan fingerprint density at radius 1 is 1.16 bits per heavy atom. The summed E-state index contributed by atoms with van der Waals surface area (Å²) < 4.78 is 44.9. The number of benzene rings is 2. The zero-order valence-electron chi connectivity index (χ0n) is 17.0. The third-order valence-electron chi connectivity index (χ3n) is 4.55. The van der Waals surface area contributed by atoms with Crippen LogP contribution in [0.5, 0.6) is 5.75 Å². The molecule has 0 saturated carbocycles. The summed E-state index contributed by atoms with van der Waals surface area (Å²) in [5, 5.41) is 10.9. The first-order valence-corrected chi connectivity index (χ1v) is 10.0. The minimum atomic E-state index is -2.95. The Kier molecular flexibility index (Phi) is 7.07. The second-order valence-electron chi connectivity index (χ2n) is 6.90. The highest BCUT2D eigenvalue weighted by Gasteiger charge is 2.16. The summed E-state index contributed by atoms with van der Waals surface area (Å²) in [6, 6.07) is 8.97. The van der Waals surface area contributed by atoms with Crippen LogP contribution in [-0.4, -0.2) is 21.5 Å². The standard InChI is InChI=1S/C21H20ClF3N4OS/c1-11-4-7-18(30-20(24)25)17(8-11)26-21(31)27-19-12(2)28-29(13(19)3)10-14-5-6-15(23)9-16(14)22/h4-9,20H,10H2,1-3H3,(H2,26,27,31). The van der Waals surface area contributed by atoms with Gasteiger partial charge in [0.05, 0.1) is 29.3 Å². The first-order valence-electron chi connectivity index (χ1n) is 9.25. The number of nitrogens with zero attached hydrogens (tertiary/aromatic N) is 2. The minimum Gasteiger partial charge on any atom is -0.433 e. The van der Waals surface area contributed by atoms with Crippen molar-refractivity contribution in [1.82, 2.24) is 9.78 Å². The molecule has 0 aliphatic heterocycles. The Balaban J connectivity index is 1.78. The molecular weight excluding hydrogens is 449 g/mol. The average Bonchev–Trinajstić information content (AvgIpc) is 2.93. The lowest BCUT2D eigenvalue weighted by Gasteiger charge is -2.15. The smallest absolute Gasteiger partial charge is 0.387 e. The molecule has 0 aliphatic rings. The van der Waals surface area contributed by atoms with Crippen molar-refractivity contribution in [3.63, 3.8) is 0 Å². The zero-order valence-corrected chi connectivity index (χ0v) is 18.5. The lowest BCUT2D eigenvalue weighted by Crippen LogP contribution is -2.21. The van der Waals surface area contributed by atoms with Crippen molar-refractivity contribution < 1.29 is 17.9 Å². The fourth-order valence-corrected chi connectivity index (χ4v) is 3.49. The topological polar surface area (TPSA) is 51.1 Å². The molecule has 0 spiro atoms. The van der Waals surface area contributed by atoms with Crippen LogP contribution in [0.25, 0.3) is 0 Å². The van der Waals surface area contributed by atoms with E-state index in [0.717, 1.165) is 16.8 Å². The number of nitrogens with one attached hydrogen (secondary N) is 2. The molecule has 164 valence electrons. The third-order valence-corrected chi connectivity index (χ3v) is 5.11. The van der Waals surface area contributed by atoms with Gasteiger partial charge < -0.3 is 15.4 Å². The van der Waals surface area contributed by atoms with Gasteiger partial charge in [0, 0.05) is 5.02 Å². The van der Waals surface area contributed by atoms with Crippen LogP contribution in [0.4, 0.5) is 24.5 Å². The molecule has 5 nitrogen and oxygen atoms in total. The molecule has 3 aromatic rings. The van der Waals surface area contributed by atoms with E-state index in [4.69, 9.17) is 23.8 Å². The molecule has 3 rings (SSSR count). The second kappa shape index (κ2) is 9.57. The summed E-state index contributed by atoms with van der Waals surface area (Å²) in [5.41, 5.74) is 4.00. The van der Waals surface area contributed by atoms with Crippen molar-refractivity contribution in [2.75, 3.05) is 10.6 Å². The lowest BCUT2D eigenvalue weighted by atomic mass is 10.2. The third kappa shape index (κ3) is 5.68. The SMILES string of the molecule is Cc1ccc(OC(F)F)c(NC(=S)Nc2c(C)nn(Cc3ccc(F)cc3Cl)c2C)c1. The summed E-state index contributed by atoms with van der Waals surface area (Å²) in [4.78, 5) is 0. The van der Waals surface area contributed by atoms with Crippen molar-refractivity contribution in [2.45, 2.75) is 33.9 Å². The van der Waals surface area contributed by atoms with E-state index >= 15 is 0 Å².